The summed E-state index contributed by atoms with van der Waals surface area (Å²) in [5.74, 6) is 0. The van der Waals surface area contributed by atoms with Crippen molar-refractivity contribution < 1.29 is 10.0 Å². The Morgan fingerprint density at radius 1 is 1.75 bits per heavy atom. The first kappa shape index (κ1) is 7.59. The van der Waals surface area contributed by atoms with Crippen molar-refractivity contribution in [3.05, 3.63) is 0 Å². The molecule has 0 radical (unpaired) electrons. The van der Waals surface area contributed by atoms with Gasteiger partial charge in [0.05, 0.1) is 0 Å². The molecule has 0 saturated carbocycles. The number of rotatable bonds is 4. The Labute approximate surface area is 48.9 Å². The fraction of sp³-hybridized carbons (Fsp3) is 0.800. The molecule has 0 rings (SSSR count). The smallest absolute Gasteiger partial charge is 0.120 e. The molecule has 0 aromatic rings. The largest absolute Gasteiger partial charge is 0.314 e. The van der Waals surface area contributed by atoms with Crippen LogP contribution in [0.5, 0.6) is 0 Å². The summed E-state index contributed by atoms with van der Waals surface area (Å²) in [6.07, 6.45) is 2.12. The Balaban J connectivity index is 2.81. The van der Waals surface area contributed by atoms with Crippen LogP contribution in [0.4, 0.5) is 0 Å². The molecule has 0 aromatic heterocycles. The molecular weight excluding hydrogens is 106 g/mol. The van der Waals surface area contributed by atoms with Crippen molar-refractivity contribution >= 4 is 6.29 Å². The number of hydroxylamine groups is 2. The molecule has 0 aliphatic heterocycles. The highest BCUT2D eigenvalue weighted by atomic mass is 16.5. The van der Waals surface area contributed by atoms with Crippen LogP contribution in [0, 0.1) is 0 Å². The molecule has 0 fully saturated rings. The molecule has 0 aliphatic rings. The number of hydrogen-bond donors (Lipinski definition) is 1. The van der Waals surface area contributed by atoms with Crippen LogP contribution in [0.1, 0.15) is 12.8 Å². The van der Waals surface area contributed by atoms with Gasteiger partial charge in [-0.2, -0.15) is 5.06 Å². The van der Waals surface area contributed by atoms with Gasteiger partial charge in [-0.3, -0.25) is 0 Å². The number of unbranched alkanes of at least 4 members (excludes halogenated alkanes) is 1. The van der Waals surface area contributed by atoms with E-state index in [0.29, 0.717) is 13.0 Å². The van der Waals surface area contributed by atoms with Crippen molar-refractivity contribution in [2.45, 2.75) is 12.8 Å². The Morgan fingerprint density at radius 2 is 2.38 bits per heavy atom. The number of carbonyl (C=O) groups is 1. The third-order valence-electron chi connectivity index (χ3n) is 0.804. The van der Waals surface area contributed by atoms with Crippen LogP contribution in [-0.2, 0) is 4.79 Å². The third-order valence-corrected chi connectivity index (χ3v) is 0.804. The van der Waals surface area contributed by atoms with Crippen molar-refractivity contribution in [3.8, 4) is 0 Å². The van der Waals surface area contributed by atoms with E-state index in [4.69, 9.17) is 5.21 Å². The Bertz CT molecular complexity index is 63.4. The molecular formula is C5H11NO2. The van der Waals surface area contributed by atoms with Gasteiger partial charge in [-0.15, -0.1) is 0 Å². The SMILES string of the molecule is CN(O)CCCC=O. The van der Waals surface area contributed by atoms with Crippen molar-refractivity contribution in [3.63, 3.8) is 0 Å². The molecule has 48 valence electrons. The Morgan fingerprint density at radius 3 is 2.75 bits per heavy atom. The van der Waals surface area contributed by atoms with Gasteiger partial charge in [-0.05, 0) is 6.42 Å². The van der Waals surface area contributed by atoms with Gasteiger partial charge >= 0.3 is 0 Å². The standard InChI is InChI=1S/C5H11NO2/c1-6(8)4-2-3-5-7/h5,8H,2-4H2,1H3. The van der Waals surface area contributed by atoms with E-state index in [2.05, 4.69) is 0 Å². The molecule has 0 saturated heterocycles. The predicted octanol–water partition coefficient (Wildman–Crippen LogP) is 0.286. The van der Waals surface area contributed by atoms with Gasteiger partial charge in [-0.25, -0.2) is 0 Å². The van der Waals surface area contributed by atoms with E-state index in [1.807, 2.05) is 0 Å². The van der Waals surface area contributed by atoms with Gasteiger partial charge in [0.2, 0.25) is 0 Å². The van der Waals surface area contributed by atoms with Gasteiger partial charge in [0.15, 0.2) is 0 Å². The number of carbonyl (C=O) groups excluding carboxylic acids is 1. The van der Waals surface area contributed by atoms with Crippen LogP contribution < -0.4 is 0 Å². The van der Waals surface area contributed by atoms with Crippen LogP contribution in [0.15, 0.2) is 0 Å². The maximum atomic E-state index is 9.69. The number of nitrogens with zero attached hydrogens (tertiary/aromatic N) is 1. The summed E-state index contributed by atoms with van der Waals surface area (Å²) >= 11 is 0. The van der Waals surface area contributed by atoms with E-state index in [1.54, 1.807) is 7.05 Å². The molecule has 0 atom stereocenters. The zero-order chi connectivity index (χ0) is 6.41. The maximum Gasteiger partial charge on any atom is 0.120 e. The molecule has 0 aromatic carbocycles. The second-order valence-corrected chi connectivity index (χ2v) is 1.69. The lowest BCUT2D eigenvalue weighted by molar-refractivity contribution is -0.108. The molecule has 0 amide bonds. The monoisotopic (exact) mass is 117 g/mol. The van der Waals surface area contributed by atoms with Gasteiger partial charge < -0.3 is 10.0 Å². The summed E-state index contributed by atoms with van der Waals surface area (Å²) in [6, 6.07) is 0. The summed E-state index contributed by atoms with van der Waals surface area (Å²) in [4.78, 5) is 9.69. The van der Waals surface area contributed by atoms with E-state index in [1.165, 1.54) is 0 Å². The van der Waals surface area contributed by atoms with Gasteiger partial charge in [0.25, 0.3) is 0 Å². The fourth-order valence-electron chi connectivity index (χ4n) is 0.403. The second kappa shape index (κ2) is 4.74. The molecule has 0 bridgehead atoms. The molecule has 8 heavy (non-hydrogen) atoms. The minimum absolute atomic E-state index is 0.533. The Kier molecular flexibility index (Phi) is 4.50. The molecule has 3 heteroatoms. The van der Waals surface area contributed by atoms with E-state index < -0.39 is 0 Å². The summed E-state index contributed by atoms with van der Waals surface area (Å²) in [7, 11) is 1.56. The molecule has 0 aliphatic carbocycles. The van der Waals surface area contributed by atoms with Crippen molar-refractivity contribution in [2.24, 2.45) is 0 Å². The highest BCUT2D eigenvalue weighted by Gasteiger charge is 1.88. The van der Waals surface area contributed by atoms with Crippen LogP contribution in [0.2, 0.25) is 0 Å². The van der Waals surface area contributed by atoms with Crippen LogP contribution >= 0.6 is 0 Å². The minimum Gasteiger partial charge on any atom is -0.314 e. The zero-order valence-corrected chi connectivity index (χ0v) is 5.00. The van der Waals surface area contributed by atoms with Crippen molar-refractivity contribution in [1.82, 2.24) is 5.06 Å². The molecule has 1 N–H and O–H groups in total. The van der Waals surface area contributed by atoms with Crippen LogP contribution in [-0.4, -0.2) is 30.1 Å². The maximum absolute atomic E-state index is 9.69. The summed E-state index contributed by atoms with van der Waals surface area (Å²) < 4.78 is 0. The molecule has 0 heterocycles. The zero-order valence-electron chi connectivity index (χ0n) is 5.00. The van der Waals surface area contributed by atoms with Gasteiger partial charge in [0, 0.05) is 20.0 Å². The fourth-order valence-corrected chi connectivity index (χ4v) is 0.403. The predicted molar refractivity (Wildman–Crippen MR) is 29.7 cm³/mol. The van der Waals surface area contributed by atoms with E-state index in [9.17, 15) is 4.79 Å². The van der Waals surface area contributed by atoms with Crippen LogP contribution in [0.3, 0.4) is 0 Å². The second-order valence-electron chi connectivity index (χ2n) is 1.69. The topological polar surface area (TPSA) is 40.5 Å². The average molecular weight is 117 g/mol. The van der Waals surface area contributed by atoms with Gasteiger partial charge in [0.1, 0.15) is 6.29 Å². The Hall–Kier alpha value is -0.410. The molecule has 3 nitrogen and oxygen atoms in total. The summed E-state index contributed by atoms with van der Waals surface area (Å²) in [6.45, 7) is 0.568. The first-order valence-corrected chi connectivity index (χ1v) is 2.61. The van der Waals surface area contributed by atoms with Gasteiger partial charge in [-0.1, -0.05) is 0 Å². The number of hydrogen-bond acceptors (Lipinski definition) is 3. The van der Waals surface area contributed by atoms with Crippen molar-refractivity contribution in [2.75, 3.05) is 13.6 Å². The quantitative estimate of drug-likeness (QED) is 0.327. The number of aldehydes is 1. The van der Waals surface area contributed by atoms with E-state index in [0.717, 1.165) is 17.8 Å². The first-order chi connectivity index (χ1) is 3.77. The lowest BCUT2D eigenvalue weighted by Crippen LogP contribution is -2.13. The normalized spacial score (nSPS) is 9.88. The van der Waals surface area contributed by atoms with E-state index in [-0.39, 0.29) is 0 Å². The lowest BCUT2D eigenvalue weighted by Gasteiger charge is -2.03. The van der Waals surface area contributed by atoms with Crippen molar-refractivity contribution in [1.29, 1.82) is 0 Å². The highest BCUT2D eigenvalue weighted by Crippen LogP contribution is 1.84. The first-order valence-electron chi connectivity index (χ1n) is 2.61. The summed E-state index contributed by atoms with van der Waals surface area (Å²) in [5, 5.41) is 9.57. The lowest BCUT2D eigenvalue weighted by atomic mass is 10.3. The van der Waals surface area contributed by atoms with Crippen LogP contribution in [0.25, 0.3) is 0 Å². The third kappa shape index (κ3) is 5.59. The molecule has 0 spiro atoms. The highest BCUT2D eigenvalue weighted by molar-refractivity contribution is 5.48. The average Bonchev–Trinajstić information content (AvgIpc) is 1.66. The molecule has 0 unspecified atom stereocenters. The van der Waals surface area contributed by atoms with E-state index >= 15 is 0 Å². The summed E-state index contributed by atoms with van der Waals surface area (Å²) in [5.41, 5.74) is 0. The minimum atomic E-state index is 0.533.